The van der Waals surface area contributed by atoms with E-state index in [1.54, 1.807) is 0 Å². The Bertz CT molecular complexity index is 1880. The summed E-state index contributed by atoms with van der Waals surface area (Å²) in [7, 11) is -4.79. The highest BCUT2D eigenvalue weighted by molar-refractivity contribution is 7.47. The minimum atomic E-state index is -4.79. The highest BCUT2D eigenvalue weighted by Crippen LogP contribution is 2.43. The van der Waals surface area contributed by atoms with E-state index in [0.717, 1.165) is 128 Å². The molecule has 0 heterocycles. The molecular formula is C64H99O11P. The van der Waals surface area contributed by atoms with Gasteiger partial charge in [-0.25, -0.2) is 4.57 Å². The summed E-state index contributed by atoms with van der Waals surface area (Å²) in [6, 6.07) is 0. The lowest BCUT2D eigenvalue weighted by molar-refractivity contribution is -0.161. The third-order valence-electron chi connectivity index (χ3n) is 10.9. The van der Waals surface area contributed by atoms with Crippen LogP contribution in [0.25, 0.3) is 0 Å². The van der Waals surface area contributed by atoms with E-state index >= 15 is 0 Å². The van der Waals surface area contributed by atoms with Crippen LogP contribution in [0.5, 0.6) is 0 Å². The number of unbranched alkanes of at least 4 members (excludes halogenated alkanes) is 7. The van der Waals surface area contributed by atoms with Crippen LogP contribution < -0.4 is 0 Å². The number of carbonyl (C=O) groups is 3. The van der Waals surface area contributed by atoms with Crippen molar-refractivity contribution in [3.05, 3.63) is 158 Å². The molecule has 0 aliphatic rings. The number of phosphoric ester groups is 1. The number of hydrogen-bond donors (Lipinski definition) is 2. The maximum atomic E-state index is 12.9. The minimum Gasteiger partial charge on any atom is -0.462 e. The van der Waals surface area contributed by atoms with Crippen LogP contribution in [0.2, 0.25) is 0 Å². The van der Waals surface area contributed by atoms with Crippen molar-refractivity contribution in [1.82, 2.24) is 0 Å². The Morgan fingerprint density at radius 1 is 0.368 bits per heavy atom. The Hall–Kier alpha value is -4.90. The van der Waals surface area contributed by atoms with E-state index in [1.807, 2.05) is 12.2 Å². The molecule has 0 radical (unpaired) electrons. The lowest BCUT2D eigenvalue weighted by Gasteiger charge is -2.21. The van der Waals surface area contributed by atoms with Crippen molar-refractivity contribution in [3.8, 4) is 0 Å². The van der Waals surface area contributed by atoms with Crippen molar-refractivity contribution < 1.29 is 52.2 Å². The smallest absolute Gasteiger partial charge is 0.462 e. The number of carbonyl (C=O) groups excluding carboxylic acids is 3. The first-order valence-corrected chi connectivity index (χ1v) is 29.9. The van der Waals surface area contributed by atoms with E-state index in [4.69, 9.17) is 23.3 Å². The molecular weight excluding hydrogens is 976 g/mol. The summed E-state index contributed by atoms with van der Waals surface area (Å²) in [4.78, 5) is 48.5. The normalized spacial score (nSPS) is 14.5. The van der Waals surface area contributed by atoms with E-state index in [0.29, 0.717) is 19.3 Å². The summed E-state index contributed by atoms with van der Waals surface area (Å²) < 4.78 is 39.4. The average Bonchev–Trinajstić information content (AvgIpc) is 3.41. The van der Waals surface area contributed by atoms with Gasteiger partial charge in [0.15, 0.2) is 6.10 Å². The van der Waals surface area contributed by atoms with Gasteiger partial charge in [0.2, 0.25) is 0 Å². The second-order valence-electron chi connectivity index (χ2n) is 18.0. The first-order chi connectivity index (χ1) is 37.2. The van der Waals surface area contributed by atoms with Crippen LogP contribution >= 0.6 is 7.82 Å². The summed E-state index contributed by atoms with van der Waals surface area (Å²) >= 11 is 0. The molecule has 0 saturated heterocycles. The molecule has 0 aliphatic carbocycles. The number of hydrogen-bond acceptors (Lipinski definition) is 10. The van der Waals surface area contributed by atoms with Crippen LogP contribution in [0.3, 0.4) is 0 Å². The summed E-state index contributed by atoms with van der Waals surface area (Å²) in [5.74, 6) is -1.65. The van der Waals surface area contributed by atoms with Gasteiger partial charge in [-0.1, -0.05) is 198 Å². The Morgan fingerprint density at radius 3 is 1.04 bits per heavy atom. The standard InChI is InChI=1S/C64H99O11P/c1-4-7-10-13-16-19-22-25-27-29-30-32-33-36-38-41-44-47-50-53-62(66)71-57-61(75-64(68)55-52-49-46-43-40-37-34-31-28-26-23-20-17-14-11-8-5-2)59-73-76(69,70)72-58-60(56-65)74-63(67)54-51-48-45-42-39-35-24-21-18-15-12-9-6-3/h7-12,16-21,25-28,30,32,34-39,44,47,60-61,65H,4-6,13-15,22-24,29,31,33,40-43,45-46,48-59H2,1-3H3,(H,69,70)/b10-7-,11-8-,12-9-,19-16-,20-17-,21-18-,27-25-,28-26-,32-30-,37-34-,38-36-,39-35-,47-44-. The summed E-state index contributed by atoms with van der Waals surface area (Å²) in [6.07, 6.45) is 73.6. The maximum absolute atomic E-state index is 12.9. The van der Waals surface area contributed by atoms with E-state index in [2.05, 4.69) is 167 Å². The number of ether oxygens (including phenoxy) is 3. The first kappa shape index (κ1) is 71.1. The van der Waals surface area contributed by atoms with Crippen LogP contribution in [0, 0.1) is 0 Å². The molecule has 0 amide bonds. The molecule has 0 aromatic heterocycles. The zero-order valence-electron chi connectivity index (χ0n) is 46.9. The first-order valence-electron chi connectivity index (χ1n) is 28.4. The topological polar surface area (TPSA) is 155 Å². The number of allylic oxidation sites excluding steroid dienone is 26. The Morgan fingerprint density at radius 2 is 0.671 bits per heavy atom. The molecule has 12 heteroatoms. The van der Waals surface area contributed by atoms with Gasteiger partial charge in [0, 0.05) is 19.3 Å². The molecule has 0 aromatic carbocycles. The molecule has 0 aromatic rings. The van der Waals surface area contributed by atoms with Crippen LogP contribution in [-0.2, 0) is 42.2 Å². The number of phosphoric acid groups is 1. The van der Waals surface area contributed by atoms with Crippen molar-refractivity contribution in [1.29, 1.82) is 0 Å². The highest BCUT2D eigenvalue weighted by Gasteiger charge is 2.28. The molecule has 2 N–H and O–H groups in total. The van der Waals surface area contributed by atoms with Crippen LogP contribution in [-0.4, -0.2) is 66.5 Å². The number of aliphatic hydroxyl groups is 1. The molecule has 11 nitrogen and oxygen atoms in total. The molecule has 0 rings (SSSR count). The van der Waals surface area contributed by atoms with Crippen molar-refractivity contribution >= 4 is 25.7 Å². The predicted octanol–water partition coefficient (Wildman–Crippen LogP) is 16.9. The van der Waals surface area contributed by atoms with Crippen LogP contribution in [0.15, 0.2) is 158 Å². The minimum absolute atomic E-state index is 0.0840. The molecule has 76 heavy (non-hydrogen) atoms. The van der Waals surface area contributed by atoms with Gasteiger partial charge in [-0.15, -0.1) is 0 Å². The highest BCUT2D eigenvalue weighted by atomic mass is 31.2. The van der Waals surface area contributed by atoms with E-state index in [-0.39, 0.29) is 19.3 Å². The molecule has 0 fully saturated rings. The van der Waals surface area contributed by atoms with Gasteiger partial charge in [-0.3, -0.25) is 23.4 Å². The van der Waals surface area contributed by atoms with E-state index < -0.39 is 64.4 Å². The van der Waals surface area contributed by atoms with Gasteiger partial charge in [-0.05, 0) is 128 Å². The fourth-order valence-electron chi connectivity index (χ4n) is 6.74. The van der Waals surface area contributed by atoms with E-state index in [1.165, 1.54) is 0 Å². The fraction of sp³-hybridized carbons (Fsp3) is 0.547. The molecule has 0 bridgehead atoms. The molecule has 0 saturated carbocycles. The summed E-state index contributed by atoms with van der Waals surface area (Å²) in [6.45, 7) is 4.12. The third-order valence-corrected chi connectivity index (χ3v) is 11.9. The Kier molecular flexibility index (Phi) is 52.7. The SMILES string of the molecule is CC/C=C\C/C=C\C/C=C\C/C=C\C/C=C\C/C=C\CCC(=O)OCC(COP(=O)(O)OCC(CO)OC(=O)CCCCC/C=C\C/C=C\C/C=C\CC)OC(=O)CCCCCC/C=C\C/C=C\C/C=C\C/C=C\CC. The Balaban J connectivity index is 4.94. The van der Waals surface area contributed by atoms with E-state index in [9.17, 15) is 28.9 Å². The van der Waals surface area contributed by atoms with Crippen molar-refractivity contribution in [3.63, 3.8) is 0 Å². The van der Waals surface area contributed by atoms with Crippen LogP contribution in [0.1, 0.15) is 188 Å². The Labute approximate surface area is 460 Å². The zero-order valence-corrected chi connectivity index (χ0v) is 47.8. The second-order valence-corrected chi connectivity index (χ2v) is 19.4. The molecule has 0 aliphatic heterocycles. The second kappa shape index (κ2) is 56.3. The molecule has 426 valence electrons. The van der Waals surface area contributed by atoms with Gasteiger partial charge in [0.25, 0.3) is 0 Å². The van der Waals surface area contributed by atoms with Gasteiger partial charge in [0.1, 0.15) is 12.7 Å². The predicted molar refractivity (Wildman–Crippen MR) is 315 cm³/mol. The van der Waals surface area contributed by atoms with Crippen molar-refractivity contribution in [2.45, 2.75) is 200 Å². The lowest BCUT2D eigenvalue weighted by atomic mass is 10.1. The fourth-order valence-corrected chi connectivity index (χ4v) is 7.52. The van der Waals surface area contributed by atoms with Crippen molar-refractivity contribution in [2.24, 2.45) is 0 Å². The van der Waals surface area contributed by atoms with Crippen LogP contribution in [0.4, 0.5) is 0 Å². The lowest BCUT2D eigenvalue weighted by Crippen LogP contribution is -2.30. The molecule has 3 atom stereocenters. The number of rotatable bonds is 50. The quantitative estimate of drug-likeness (QED) is 0.0197. The van der Waals surface area contributed by atoms with Gasteiger partial charge in [0.05, 0.1) is 19.8 Å². The molecule has 0 spiro atoms. The van der Waals surface area contributed by atoms with Gasteiger partial charge in [-0.2, -0.15) is 0 Å². The number of esters is 3. The summed E-state index contributed by atoms with van der Waals surface area (Å²) in [5.41, 5.74) is 0. The molecule has 3 unspecified atom stereocenters. The van der Waals surface area contributed by atoms with Gasteiger partial charge >= 0.3 is 25.7 Å². The zero-order chi connectivity index (χ0) is 55.5. The largest absolute Gasteiger partial charge is 0.472 e. The third kappa shape index (κ3) is 53.9. The van der Waals surface area contributed by atoms with Crippen molar-refractivity contribution in [2.75, 3.05) is 26.4 Å². The van der Waals surface area contributed by atoms with Gasteiger partial charge < -0.3 is 24.2 Å². The average molecular weight is 1080 g/mol. The monoisotopic (exact) mass is 1070 g/mol. The number of aliphatic hydroxyl groups excluding tert-OH is 1. The maximum Gasteiger partial charge on any atom is 0.472 e. The summed E-state index contributed by atoms with van der Waals surface area (Å²) in [5, 5.41) is 9.80.